The first-order chi connectivity index (χ1) is 14.5. The number of aryl methyl sites for hydroxylation is 3. The van der Waals surface area contributed by atoms with Gasteiger partial charge in [0.25, 0.3) is 0 Å². The average molecular weight is 423 g/mol. The first-order valence-corrected chi connectivity index (χ1v) is 11.2. The molecule has 3 aromatic rings. The molecule has 1 saturated heterocycles. The van der Waals surface area contributed by atoms with Gasteiger partial charge in [-0.05, 0) is 43.2 Å². The van der Waals surface area contributed by atoms with Crippen molar-refractivity contribution in [1.82, 2.24) is 14.0 Å². The lowest BCUT2D eigenvalue weighted by atomic mass is 10.2. The molecular formula is C23H26N4O2S. The summed E-state index contributed by atoms with van der Waals surface area (Å²) < 4.78 is 3.32. The first kappa shape index (κ1) is 20.5. The fourth-order valence-electron chi connectivity index (χ4n) is 3.88. The zero-order valence-electron chi connectivity index (χ0n) is 17.5. The average Bonchev–Trinajstić information content (AvgIpc) is 3.25. The van der Waals surface area contributed by atoms with Crippen molar-refractivity contribution < 1.29 is 4.79 Å². The number of benzene rings is 2. The predicted molar refractivity (Wildman–Crippen MR) is 123 cm³/mol. The summed E-state index contributed by atoms with van der Waals surface area (Å²) >= 11 is 1.63. The number of amides is 1. The Balaban J connectivity index is 1.58. The van der Waals surface area contributed by atoms with E-state index in [0.29, 0.717) is 6.54 Å². The molecule has 0 saturated carbocycles. The van der Waals surface area contributed by atoms with Gasteiger partial charge in [-0.15, -0.1) is 0 Å². The third kappa shape index (κ3) is 3.81. The van der Waals surface area contributed by atoms with Crippen molar-refractivity contribution in [3.8, 4) is 0 Å². The molecule has 2 aromatic carbocycles. The third-order valence-corrected chi connectivity index (χ3v) is 6.64. The van der Waals surface area contributed by atoms with Gasteiger partial charge in [0.2, 0.25) is 5.91 Å². The van der Waals surface area contributed by atoms with Crippen LogP contribution in [0.2, 0.25) is 0 Å². The van der Waals surface area contributed by atoms with E-state index in [9.17, 15) is 9.59 Å². The maximum absolute atomic E-state index is 13.2. The van der Waals surface area contributed by atoms with Crippen LogP contribution in [0, 0.1) is 6.92 Å². The Labute approximate surface area is 180 Å². The minimum Gasteiger partial charge on any atom is -0.295 e. The second-order valence-corrected chi connectivity index (χ2v) is 8.59. The Morgan fingerprint density at radius 3 is 2.67 bits per heavy atom. The number of thioether (sulfide) groups is 1. The number of carbonyl (C=O) groups is 1. The van der Waals surface area contributed by atoms with Crippen LogP contribution >= 0.6 is 11.8 Å². The molecule has 7 heteroatoms. The number of rotatable bonds is 5. The molecule has 0 aliphatic carbocycles. The van der Waals surface area contributed by atoms with Gasteiger partial charge in [-0.3, -0.25) is 18.8 Å². The van der Waals surface area contributed by atoms with Crippen LogP contribution in [0.15, 0.2) is 58.3 Å². The molecule has 4 rings (SSSR count). The Morgan fingerprint density at radius 1 is 1.17 bits per heavy atom. The van der Waals surface area contributed by atoms with E-state index in [1.807, 2.05) is 60.4 Å². The van der Waals surface area contributed by atoms with Gasteiger partial charge in [-0.1, -0.05) is 43.0 Å². The van der Waals surface area contributed by atoms with E-state index in [1.165, 1.54) is 0 Å². The molecule has 2 heterocycles. The van der Waals surface area contributed by atoms with Gasteiger partial charge >= 0.3 is 5.69 Å². The molecule has 1 aromatic heterocycles. The van der Waals surface area contributed by atoms with Crippen molar-refractivity contribution in [2.75, 3.05) is 5.75 Å². The smallest absolute Gasteiger partial charge is 0.295 e. The number of fused-ring (bicyclic) bond motifs is 1. The quantitative estimate of drug-likeness (QED) is 0.622. The summed E-state index contributed by atoms with van der Waals surface area (Å²) in [6, 6.07) is 15.8. The zero-order chi connectivity index (χ0) is 21.3. The van der Waals surface area contributed by atoms with Crippen LogP contribution < -0.4 is 5.69 Å². The van der Waals surface area contributed by atoms with Crippen LogP contribution in [-0.2, 0) is 18.4 Å². The largest absolute Gasteiger partial charge is 0.328 e. The minimum atomic E-state index is -0.0968. The molecule has 0 radical (unpaired) electrons. The van der Waals surface area contributed by atoms with Crippen LogP contribution in [0.3, 0.4) is 0 Å². The summed E-state index contributed by atoms with van der Waals surface area (Å²) in [5.41, 5.74) is 3.63. The summed E-state index contributed by atoms with van der Waals surface area (Å²) in [5, 5.41) is 0.753. The third-order valence-electron chi connectivity index (χ3n) is 5.54. The first-order valence-electron chi connectivity index (χ1n) is 10.2. The highest BCUT2D eigenvalue weighted by molar-refractivity contribution is 8.14. The van der Waals surface area contributed by atoms with Crippen molar-refractivity contribution in [1.29, 1.82) is 0 Å². The van der Waals surface area contributed by atoms with Crippen LogP contribution in [-0.4, -0.2) is 36.9 Å². The van der Waals surface area contributed by atoms with Gasteiger partial charge in [0.1, 0.15) is 0 Å². The van der Waals surface area contributed by atoms with Gasteiger partial charge in [0.15, 0.2) is 5.17 Å². The van der Waals surface area contributed by atoms with E-state index in [-0.39, 0.29) is 24.1 Å². The molecule has 6 nitrogen and oxygen atoms in total. The fraction of sp³-hybridized carbons (Fsp3) is 0.348. The summed E-state index contributed by atoms with van der Waals surface area (Å²) in [5.74, 6) is 0.860. The number of hydrogen-bond acceptors (Lipinski definition) is 4. The van der Waals surface area contributed by atoms with Gasteiger partial charge in [0.05, 0.1) is 16.7 Å². The highest BCUT2D eigenvalue weighted by Crippen LogP contribution is 2.29. The summed E-state index contributed by atoms with van der Waals surface area (Å²) in [4.78, 5) is 32.5. The molecule has 0 N–H and O–H groups in total. The van der Waals surface area contributed by atoms with Crippen LogP contribution in [0.1, 0.15) is 25.3 Å². The lowest BCUT2D eigenvalue weighted by Gasteiger charge is -2.23. The molecule has 0 spiro atoms. The van der Waals surface area contributed by atoms with E-state index in [4.69, 9.17) is 4.99 Å². The topological polar surface area (TPSA) is 59.6 Å². The number of hydrogen-bond donors (Lipinski definition) is 0. The van der Waals surface area contributed by atoms with E-state index < -0.39 is 0 Å². The lowest BCUT2D eigenvalue weighted by Crippen LogP contribution is -2.39. The number of para-hydroxylation sites is 2. The van der Waals surface area contributed by atoms with Crippen molar-refractivity contribution in [3.05, 3.63) is 64.6 Å². The number of aromatic nitrogens is 2. The number of imidazole rings is 1. The summed E-state index contributed by atoms with van der Waals surface area (Å²) in [6.45, 7) is 4.48. The second-order valence-electron chi connectivity index (χ2n) is 7.60. The molecule has 0 bridgehead atoms. The number of aliphatic imine (C=N–C) groups is 1. The van der Waals surface area contributed by atoms with E-state index >= 15 is 0 Å². The summed E-state index contributed by atoms with van der Waals surface area (Å²) in [6.07, 6.45) is 1.14. The second kappa shape index (κ2) is 8.52. The Kier molecular flexibility index (Phi) is 5.81. The molecular weight excluding hydrogens is 396 g/mol. The fourth-order valence-corrected chi connectivity index (χ4v) is 5.17. The van der Waals surface area contributed by atoms with E-state index in [0.717, 1.165) is 39.6 Å². The molecule has 1 fully saturated rings. The molecule has 156 valence electrons. The summed E-state index contributed by atoms with van der Waals surface area (Å²) in [7, 11) is 1.76. The SMILES string of the molecule is CCC1CSC(=Nc2cccc(C)c2)N1C(=O)CCn1c(=O)n(C)c2ccccc21. The lowest BCUT2D eigenvalue weighted by molar-refractivity contribution is -0.128. The molecule has 1 amide bonds. The van der Waals surface area contributed by atoms with Crippen LogP contribution in [0.4, 0.5) is 5.69 Å². The number of amidine groups is 1. The van der Waals surface area contributed by atoms with Gasteiger partial charge < -0.3 is 0 Å². The molecule has 1 atom stereocenters. The van der Waals surface area contributed by atoms with Gasteiger partial charge in [-0.2, -0.15) is 0 Å². The Hall–Kier alpha value is -2.80. The van der Waals surface area contributed by atoms with Crippen molar-refractivity contribution in [2.45, 2.75) is 39.3 Å². The standard InChI is InChI=1S/C23H26N4O2S/c1-4-18-15-30-22(24-17-9-7-8-16(2)14-17)27(18)21(28)12-13-26-20-11-6-5-10-19(20)25(3)23(26)29/h5-11,14,18H,4,12-13,15H2,1-3H3. The van der Waals surface area contributed by atoms with Crippen molar-refractivity contribution in [3.63, 3.8) is 0 Å². The van der Waals surface area contributed by atoms with Crippen molar-refractivity contribution >= 4 is 39.6 Å². The number of nitrogens with zero attached hydrogens (tertiary/aromatic N) is 4. The molecule has 1 aliphatic rings. The van der Waals surface area contributed by atoms with E-state index in [1.54, 1.807) is 27.9 Å². The maximum Gasteiger partial charge on any atom is 0.328 e. The normalized spacial score (nSPS) is 17.9. The van der Waals surface area contributed by atoms with Gasteiger partial charge in [-0.25, -0.2) is 9.79 Å². The Bertz CT molecular complexity index is 1180. The molecule has 30 heavy (non-hydrogen) atoms. The van der Waals surface area contributed by atoms with Gasteiger partial charge in [0, 0.05) is 31.8 Å². The Morgan fingerprint density at radius 2 is 1.93 bits per heavy atom. The minimum absolute atomic E-state index is 0.0121. The predicted octanol–water partition coefficient (Wildman–Crippen LogP) is 4.08. The van der Waals surface area contributed by atoms with Crippen molar-refractivity contribution in [2.24, 2.45) is 12.0 Å². The monoisotopic (exact) mass is 422 g/mol. The molecule has 1 aliphatic heterocycles. The molecule has 1 unspecified atom stereocenters. The zero-order valence-corrected chi connectivity index (χ0v) is 18.4. The van der Waals surface area contributed by atoms with E-state index in [2.05, 4.69) is 6.92 Å². The maximum atomic E-state index is 13.2. The highest BCUT2D eigenvalue weighted by Gasteiger charge is 2.33. The van der Waals surface area contributed by atoms with Crippen LogP contribution in [0.5, 0.6) is 0 Å². The van der Waals surface area contributed by atoms with Crippen LogP contribution in [0.25, 0.3) is 11.0 Å². The highest BCUT2D eigenvalue weighted by atomic mass is 32.2. The number of carbonyl (C=O) groups excluding carboxylic acids is 1.